The van der Waals surface area contributed by atoms with E-state index in [-0.39, 0.29) is 12.4 Å². The number of nitriles is 1. The van der Waals surface area contributed by atoms with Gasteiger partial charge in [0, 0.05) is 38.1 Å². The third-order valence-electron chi connectivity index (χ3n) is 3.28. The molecule has 120 valence electrons. The lowest BCUT2D eigenvalue weighted by Crippen LogP contribution is -2.37. The van der Waals surface area contributed by atoms with Crippen molar-refractivity contribution in [2.24, 2.45) is 12.0 Å². The van der Waals surface area contributed by atoms with Crippen molar-refractivity contribution in [2.45, 2.75) is 20.0 Å². The van der Waals surface area contributed by atoms with Gasteiger partial charge in [-0.15, -0.1) is 0 Å². The number of hydrogen-bond donors (Lipinski definition) is 2. The third kappa shape index (κ3) is 4.85. The molecule has 0 unspecified atom stereocenters. The van der Waals surface area contributed by atoms with Gasteiger partial charge in [-0.3, -0.25) is 0 Å². The average molecular weight is 313 g/mol. The van der Waals surface area contributed by atoms with Crippen molar-refractivity contribution in [3.05, 3.63) is 59.2 Å². The fourth-order valence-corrected chi connectivity index (χ4v) is 2.13. The highest BCUT2D eigenvalue weighted by molar-refractivity contribution is 5.79. The van der Waals surface area contributed by atoms with Gasteiger partial charge < -0.3 is 15.2 Å². The zero-order valence-electron chi connectivity index (χ0n) is 13.3. The predicted molar refractivity (Wildman–Crippen MR) is 88.2 cm³/mol. The van der Waals surface area contributed by atoms with Crippen LogP contribution in [0.3, 0.4) is 0 Å². The summed E-state index contributed by atoms with van der Waals surface area (Å²) in [6.45, 7) is 3.48. The van der Waals surface area contributed by atoms with Crippen LogP contribution >= 0.6 is 0 Å². The minimum absolute atomic E-state index is 0.266. The first-order valence-corrected chi connectivity index (χ1v) is 7.44. The Kier molecular flexibility index (Phi) is 5.75. The first-order valence-electron chi connectivity index (χ1n) is 7.44. The van der Waals surface area contributed by atoms with Crippen LogP contribution in [0.2, 0.25) is 0 Å². The van der Waals surface area contributed by atoms with Crippen LogP contribution in [0.1, 0.15) is 23.6 Å². The summed E-state index contributed by atoms with van der Waals surface area (Å²) < 4.78 is 15.7. The van der Waals surface area contributed by atoms with Crippen molar-refractivity contribution < 1.29 is 4.39 Å². The quantitative estimate of drug-likeness (QED) is 0.657. The zero-order chi connectivity index (χ0) is 16.7. The fourth-order valence-electron chi connectivity index (χ4n) is 2.13. The van der Waals surface area contributed by atoms with Crippen molar-refractivity contribution in [2.75, 3.05) is 6.54 Å². The molecule has 0 aliphatic carbocycles. The fraction of sp³-hybridized carbons (Fsp3) is 0.294. The Balaban J connectivity index is 2.03. The standard InChI is InChI=1S/C17H20FN5/c1-3-20-17(21-10-14-6-7-23(2)12-14)22-11-15-8-13(9-19)4-5-16(15)18/h4-8,12H,3,10-11H2,1-2H3,(H2,20,21,22). The molecule has 2 aromatic rings. The summed E-state index contributed by atoms with van der Waals surface area (Å²) >= 11 is 0. The molecule has 1 aromatic carbocycles. The first kappa shape index (κ1) is 16.6. The Morgan fingerprint density at radius 2 is 2.17 bits per heavy atom. The van der Waals surface area contributed by atoms with Crippen molar-refractivity contribution in [3.63, 3.8) is 0 Å². The van der Waals surface area contributed by atoms with Gasteiger partial charge in [0.2, 0.25) is 0 Å². The number of aryl methyl sites for hydroxylation is 1. The van der Waals surface area contributed by atoms with Crippen molar-refractivity contribution in [1.29, 1.82) is 5.26 Å². The van der Waals surface area contributed by atoms with Crippen molar-refractivity contribution in [3.8, 4) is 6.07 Å². The number of nitrogens with zero attached hydrogens (tertiary/aromatic N) is 3. The van der Waals surface area contributed by atoms with Crippen LogP contribution in [-0.4, -0.2) is 17.1 Å². The monoisotopic (exact) mass is 313 g/mol. The summed E-state index contributed by atoms with van der Waals surface area (Å²) in [6, 6.07) is 8.34. The number of benzene rings is 1. The van der Waals surface area contributed by atoms with Crippen LogP contribution in [0, 0.1) is 17.1 Å². The van der Waals surface area contributed by atoms with E-state index in [9.17, 15) is 4.39 Å². The van der Waals surface area contributed by atoms with Crippen molar-refractivity contribution in [1.82, 2.24) is 15.2 Å². The smallest absolute Gasteiger partial charge is 0.191 e. The summed E-state index contributed by atoms with van der Waals surface area (Å²) in [5.74, 6) is 0.272. The molecule has 6 heteroatoms. The van der Waals surface area contributed by atoms with Gasteiger partial charge in [0.1, 0.15) is 5.82 Å². The van der Waals surface area contributed by atoms with Gasteiger partial charge in [-0.2, -0.15) is 5.26 Å². The molecule has 5 nitrogen and oxygen atoms in total. The van der Waals surface area contributed by atoms with E-state index >= 15 is 0 Å². The normalized spacial score (nSPS) is 11.1. The van der Waals surface area contributed by atoms with Crippen LogP contribution in [-0.2, 0) is 20.1 Å². The summed E-state index contributed by atoms with van der Waals surface area (Å²) in [7, 11) is 1.96. The molecule has 0 saturated heterocycles. The Morgan fingerprint density at radius 3 is 2.83 bits per heavy atom. The Hall–Kier alpha value is -2.81. The number of hydrogen-bond acceptors (Lipinski definition) is 2. The lowest BCUT2D eigenvalue weighted by atomic mass is 10.1. The van der Waals surface area contributed by atoms with Gasteiger partial charge in [-0.05, 0) is 36.8 Å². The molecule has 2 rings (SSSR count). The number of halogens is 1. The Morgan fingerprint density at radius 1 is 1.35 bits per heavy atom. The predicted octanol–water partition coefficient (Wildman–Crippen LogP) is 2.29. The summed E-state index contributed by atoms with van der Waals surface area (Å²) in [4.78, 5) is 4.48. The molecule has 0 saturated carbocycles. The van der Waals surface area contributed by atoms with Gasteiger partial charge in [0.05, 0.1) is 18.2 Å². The lowest BCUT2D eigenvalue weighted by Gasteiger charge is -2.12. The Bertz CT molecular complexity index is 727. The number of guanidine groups is 1. The van der Waals surface area contributed by atoms with Crippen LogP contribution in [0.15, 0.2) is 41.7 Å². The Labute approximate surface area is 135 Å². The summed E-state index contributed by atoms with van der Waals surface area (Å²) in [5, 5.41) is 15.1. The molecule has 23 heavy (non-hydrogen) atoms. The van der Waals surface area contributed by atoms with Crippen LogP contribution in [0.5, 0.6) is 0 Å². The maximum Gasteiger partial charge on any atom is 0.191 e. The largest absolute Gasteiger partial charge is 0.357 e. The van der Waals surface area contributed by atoms with E-state index in [2.05, 4.69) is 15.6 Å². The molecular formula is C17H20FN5. The highest BCUT2D eigenvalue weighted by Gasteiger charge is 2.05. The number of aliphatic imine (C=N–C) groups is 1. The van der Waals surface area contributed by atoms with Gasteiger partial charge in [0.25, 0.3) is 0 Å². The molecule has 2 N–H and O–H groups in total. The van der Waals surface area contributed by atoms with E-state index in [0.717, 1.165) is 5.56 Å². The number of aromatic nitrogens is 1. The molecule has 0 bridgehead atoms. The first-order chi connectivity index (χ1) is 11.1. The van der Waals surface area contributed by atoms with E-state index in [1.807, 2.05) is 43.1 Å². The van der Waals surface area contributed by atoms with E-state index < -0.39 is 0 Å². The molecule has 0 radical (unpaired) electrons. The highest BCUT2D eigenvalue weighted by atomic mass is 19.1. The maximum absolute atomic E-state index is 13.8. The second-order valence-electron chi connectivity index (χ2n) is 5.15. The van der Waals surface area contributed by atoms with Crippen LogP contribution in [0.4, 0.5) is 4.39 Å². The van der Waals surface area contributed by atoms with Gasteiger partial charge >= 0.3 is 0 Å². The molecular weight excluding hydrogens is 293 g/mol. The number of nitrogens with one attached hydrogen (secondary N) is 2. The van der Waals surface area contributed by atoms with Gasteiger partial charge in [0.15, 0.2) is 5.96 Å². The molecule has 0 atom stereocenters. The number of rotatable bonds is 5. The van der Waals surface area contributed by atoms with E-state index in [0.29, 0.717) is 30.2 Å². The SMILES string of the molecule is CCNC(=NCc1ccn(C)c1)NCc1cc(C#N)ccc1F. The minimum Gasteiger partial charge on any atom is -0.357 e. The molecule has 1 heterocycles. The maximum atomic E-state index is 13.8. The average Bonchev–Trinajstić information content (AvgIpc) is 2.97. The van der Waals surface area contributed by atoms with Crippen molar-refractivity contribution >= 4 is 5.96 Å². The molecule has 0 fully saturated rings. The van der Waals surface area contributed by atoms with Crippen LogP contribution in [0.25, 0.3) is 0 Å². The second-order valence-corrected chi connectivity index (χ2v) is 5.15. The lowest BCUT2D eigenvalue weighted by molar-refractivity contribution is 0.604. The topological polar surface area (TPSA) is 65.1 Å². The zero-order valence-corrected chi connectivity index (χ0v) is 13.3. The highest BCUT2D eigenvalue weighted by Crippen LogP contribution is 2.09. The minimum atomic E-state index is -0.338. The molecule has 0 aliphatic heterocycles. The molecule has 0 spiro atoms. The second kappa shape index (κ2) is 7.99. The van der Waals surface area contributed by atoms with Crippen LogP contribution < -0.4 is 10.6 Å². The van der Waals surface area contributed by atoms with E-state index in [1.165, 1.54) is 12.1 Å². The third-order valence-corrected chi connectivity index (χ3v) is 3.28. The van der Waals surface area contributed by atoms with E-state index in [1.54, 1.807) is 6.07 Å². The van der Waals surface area contributed by atoms with E-state index in [4.69, 9.17) is 5.26 Å². The molecule has 0 amide bonds. The molecule has 0 aliphatic rings. The molecule has 1 aromatic heterocycles. The summed E-state index contributed by atoms with van der Waals surface area (Å²) in [5.41, 5.74) is 1.98. The van der Waals surface area contributed by atoms with Gasteiger partial charge in [-0.1, -0.05) is 0 Å². The summed E-state index contributed by atoms with van der Waals surface area (Å²) in [6.07, 6.45) is 3.97. The van der Waals surface area contributed by atoms with Gasteiger partial charge in [-0.25, -0.2) is 9.38 Å².